The van der Waals surface area contributed by atoms with Gasteiger partial charge in [-0.3, -0.25) is 9.59 Å². The summed E-state index contributed by atoms with van der Waals surface area (Å²) >= 11 is 0. The van der Waals surface area contributed by atoms with E-state index in [0.717, 1.165) is 24.3 Å². The highest BCUT2D eigenvalue weighted by Gasteiger charge is 2.10. The molecule has 0 aliphatic carbocycles. The van der Waals surface area contributed by atoms with Gasteiger partial charge in [-0.2, -0.15) is 5.06 Å². The van der Waals surface area contributed by atoms with Gasteiger partial charge < -0.3 is 4.84 Å². The summed E-state index contributed by atoms with van der Waals surface area (Å²) in [6.07, 6.45) is 21.2. The van der Waals surface area contributed by atoms with Gasteiger partial charge in [-0.15, -0.1) is 0 Å². The SMILES string of the molecule is CCCCCCCC/C=C\CCCCCCCC(=O)N(C)OC(C)=O. The van der Waals surface area contributed by atoms with E-state index in [0.29, 0.717) is 6.42 Å². The van der Waals surface area contributed by atoms with Crippen molar-refractivity contribution in [3.05, 3.63) is 12.2 Å². The van der Waals surface area contributed by atoms with Crippen LogP contribution < -0.4 is 0 Å². The van der Waals surface area contributed by atoms with Crippen LogP contribution in [0, 0.1) is 0 Å². The first kappa shape index (κ1) is 23.7. The van der Waals surface area contributed by atoms with E-state index in [9.17, 15) is 9.59 Å². The molecule has 0 aromatic rings. The summed E-state index contributed by atoms with van der Waals surface area (Å²) in [5.74, 6) is -0.590. The molecule has 0 atom stereocenters. The highest BCUT2D eigenvalue weighted by molar-refractivity contribution is 5.77. The third kappa shape index (κ3) is 17.3. The molecule has 0 aromatic carbocycles. The first-order chi connectivity index (χ1) is 12.1. The van der Waals surface area contributed by atoms with Crippen molar-refractivity contribution in [1.82, 2.24) is 5.06 Å². The Hall–Kier alpha value is -1.32. The summed E-state index contributed by atoms with van der Waals surface area (Å²) < 4.78 is 0. The Kier molecular flexibility index (Phi) is 16.6. The van der Waals surface area contributed by atoms with Gasteiger partial charge >= 0.3 is 5.97 Å². The predicted octanol–water partition coefficient (Wildman–Crippen LogP) is 5.96. The van der Waals surface area contributed by atoms with Gasteiger partial charge in [-0.25, -0.2) is 0 Å². The Bertz CT molecular complexity index is 366. The molecule has 0 aliphatic heterocycles. The lowest BCUT2D eigenvalue weighted by molar-refractivity contribution is -0.190. The van der Waals surface area contributed by atoms with Crippen molar-refractivity contribution in [3.8, 4) is 0 Å². The van der Waals surface area contributed by atoms with E-state index in [-0.39, 0.29) is 5.91 Å². The molecule has 0 unspecified atom stereocenters. The van der Waals surface area contributed by atoms with E-state index < -0.39 is 5.97 Å². The molecule has 0 saturated heterocycles. The van der Waals surface area contributed by atoms with Crippen LogP contribution >= 0.6 is 0 Å². The number of hydrogen-bond acceptors (Lipinski definition) is 3. The van der Waals surface area contributed by atoms with Gasteiger partial charge in [-0.1, -0.05) is 70.4 Å². The van der Waals surface area contributed by atoms with E-state index in [1.165, 1.54) is 78.2 Å². The quantitative estimate of drug-likeness (QED) is 0.207. The summed E-state index contributed by atoms with van der Waals surface area (Å²) in [4.78, 5) is 27.1. The van der Waals surface area contributed by atoms with E-state index in [1.54, 1.807) is 0 Å². The highest BCUT2D eigenvalue weighted by Crippen LogP contribution is 2.10. The summed E-state index contributed by atoms with van der Waals surface area (Å²) in [5.41, 5.74) is 0. The molecule has 0 radical (unpaired) electrons. The zero-order valence-corrected chi connectivity index (χ0v) is 16.7. The van der Waals surface area contributed by atoms with Gasteiger partial charge in [0.1, 0.15) is 0 Å². The second-order valence-electron chi connectivity index (χ2n) is 6.81. The number of carbonyl (C=O) groups excluding carboxylic acids is 2. The third-order valence-corrected chi connectivity index (χ3v) is 4.27. The van der Waals surface area contributed by atoms with Crippen LogP contribution in [0.1, 0.15) is 104 Å². The number of hydrogen-bond donors (Lipinski definition) is 0. The van der Waals surface area contributed by atoms with Crippen molar-refractivity contribution in [2.24, 2.45) is 0 Å². The van der Waals surface area contributed by atoms with Crippen LogP contribution in [0.25, 0.3) is 0 Å². The van der Waals surface area contributed by atoms with Crippen LogP contribution in [0.2, 0.25) is 0 Å². The molecule has 4 nitrogen and oxygen atoms in total. The molecule has 0 spiro atoms. The number of carbonyl (C=O) groups is 2. The molecule has 0 bridgehead atoms. The first-order valence-corrected chi connectivity index (χ1v) is 10.2. The summed E-state index contributed by atoms with van der Waals surface area (Å²) in [6.45, 7) is 3.55. The van der Waals surface area contributed by atoms with Crippen molar-refractivity contribution in [2.45, 2.75) is 104 Å². The smallest absolute Gasteiger partial charge is 0.329 e. The van der Waals surface area contributed by atoms with Crippen LogP contribution in [-0.2, 0) is 14.4 Å². The molecule has 0 rings (SSSR count). The maximum Gasteiger partial charge on any atom is 0.329 e. The second-order valence-corrected chi connectivity index (χ2v) is 6.81. The van der Waals surface area contributed by atoms with Crippen LogP contribution in [0.4, 0.5) is 0 Å². The average Bonchev–Trinajstić information content (AvgIpc) is 2.57. The molecular formula is C21H39NO3. The summed E-state index contributed by atoms with van der Waals surface area (Å²) in [7, 11) is 1.49. The molecule has 0 aliphatic rings. The monoisotopic (exact) mass is 353 g/mol. The Morgan fingerprint density at radius 3 is 1.80 bits per heavy atom. The Labute approximate surface area is 154 Å². The fourth-order valence-corrected chi connectivity index (χ4v) is 2.75. The molecule has 0 N–H and O–H groups in total. The van der Waals surface area contributed by atoms with Crippen molar-refractivity contribution < 1.29 is 14.4 Å². The van der Waals surface area contributed by atoms with E-state index >= 15 is 0 Å². The van der Waals surface area contributed by atoms with Crippen LogP contribution in [-0.4, -0.2) is 24.0 Å². The van der Waals surface area contributed by atoms with Gasteiger partial charge in [0.15, 0.2) is 0 Å². The summed E-state index contributed by atoms with van der Waals surface area (Å²) in [6, 6.07) is 0. The molecule has 1 amide bonds. The first-order valence-electron chi connectivity index (χ1n) is 10.2. The molecule has 25 heavy (non-hydrogen) atoms. The maximum atomic E-state index is 11.7. The lowest BCUT2D eigenvalue weighted by atomic mass is 10.1. The van der Waals surface area contributed by atoms with Crippen molar-refractivity contribution in [3.63, 3.8) is 0 Å². The Morgan fingerprint density at radius 1 is 0.800 bits per heavy atom. The topological polar surface area (TPSA) is 46.6 Å². The van der Waals surface area contributed by atoms with E-state index in [4.69, 9.17) is 4.84 Å². The van der Waals surface area contributed by atoms with Crippen LogP contribution in [0.5, 0.6) is 0 Å². The van der Waals surface area contributed by atoms with Crippen molar-refractivity contribution >= 4 is 11.9 Å². The molecule has 0 aromatic heterocycles. The third-order valence-electron chi connectivity index (χ3n) is 4.27. The number of unbranched alkanes of at least 4 members (excludes halogenated alkanes) is 11. The predicted molar refractivity (Wildman–Crippen MR) is 104 cm³/mol. The number of amides is 1. The van der Waals surface area contributed by atoms with Gasteiger partial charge in [-0.05, 0) is 32.1 Å². The zero-order valence-electron chi connectivity index (χ0n) is 16.7. The Balaban J connectivity index is 3.31. The zero-order chi connectivity index (χ0) is 18.8. The van der Waals surface area contributed by atoms with Gasteiger partial charge in [0, 0.05) is 20.4 Å². The van der Waals surface area contributed by atoms with E-state index in [1.807, 2.05) is 0 Å². The average molecular weight is 354 g/mol. The van der Waals surface area contributed by atoms with Gasteiger partial charge in [0.2, 0.25) is 0 Å². The number of allylic oxidation sites excluding steroid dienone is 2. The van der Waals surface area contributed by atoms with Crippen LogP contribution in [0.15, 0.2) is 12.2 Å². The molecule has 146 valence electrons. The number of rotatable bonds is 15. The van der Waals surface area contributed by atoms with E-state index in [2.05, 4.69) is 19.1 Å². The minimum atomic E-state index is -0.458. The van der Waals surface area contributed by atoms with Crippen molar-refractivity contribution in [2.75, 3.05) is 7.05 Å². The number of hydroxylamine groups is 2. The minimum Gasteiger partial charge on any atom is -0.339 e. The lowest BCUT2D eigenvalue weighted by Crippen LogP contribution is -2.28. The van der Waals surface area contributed by atoms with Gasteiger partial charge in [0.05, 0.1) is 0 Å². The lowest BCUT2D eigenvalue weighted by Gasteiger charge is -2.14. The molecule has 4 heteroatoms. The maximum absolute atomic E-state index is 11.7. The molecule has 0 heterocycles. The fraction of sp³-hybridized carbons (Fsp3) is 0.810. The van der Waals surface area contributed by atoms with Gasteiger partial charge in [0.25, 0.3) is 5.91 Å². The molecule has 0 fully saturated rings. The Morgan fingerprint density at radius 2 is 1.28 bits per heavy atom. The van der Waals surface area contributed by atoms with Crippen LogP contribution in [0.3, 0.4) is 0 Å². The second kappa shape index (κ2) is 17.5. The fourth-order valence-electron chi connectivity index (χ4n) is 2.75. The van der Waals surface area contributed by atoms with Crippen molar-refractivity contribution in [1.29, 1.82) is 0 Å². The normalized spacial score (nSPS) is 11.0. The molecule has 0 saturated carbocycles. The largest absolute Gasteiger partial charge is 0.339 e. The minimum absolute atomic E-state index is 0.132. The standard InChI is InChI=1S/C21H39NO3/c1-4-5-6-7-8-9-10-11-12-13-14-15-16-17-18-19-21(24)22(3)25-20(2)23/h11-12H,4-10,13-19H2,1-3H3/b12-11-. The number of nitrogens with zero attached hydrogens (tertiary/aromatic N) is 1. The highest BCUT2D eigenvalue weighted by atomic mass is 16.7. The summed E-state index contributed by atoms with van der Waals surface area (Å²) in [5, 5.41) is 1.04. The molecular weight excluding hydrogens is 314 g/mol.